The Hall–Kier alpha value is -1.62. The van der Waals surface area contributed by atoms with Crippen molar-refractivity contribution < 1.29 is 0 Å². The number of nitrogens with zero attached hydrogens (tertiary/aromatic N) is 2. The molecule has 0 amide bonds. The zero-order valence-electron chi connectivity index (χ0n) is 10.0. The van der Waals surface area contributed by atoms with Gasteiger partial charge in [-0.3, -0.25) is 0 Å². The summed E-state index contributed by atoms with van der Waals surface area (Å²) in [6.07, 6.45) is 1.94. The summed E-state index contributed by atoms with van der Waals surface area (Å²) in [7, 11) is 1.87. The Morgan fingerprint density at radius 1 is 1.29 bits per heavy atom. The number of aryl methyl sites for hydroxylation is 1. The van der Waals surface area contributed by atoms with Gasteiger partial charge in [-0.05, 0) is 17.9 Å². The molecule has 0 aliphatic rings. The van der Waals surface area contributed by atoms with E-state index < -0.39 is 0 Å². The highest BCUT2D eigenvalue weighted by Crippen LogP contribution is 2.19. The van der Waals surface area contributed by atoms with Crippen LogP contribution < -0.4 is 10.6 Å². The van der Waals surface area contributed by atoms with E-state index in [1.165, 1.54) is 0 Å². The highest BCUT2D eigenvalue weighted by Gasteiger charge is 2.03. The number of rotatable bonds is 5. The Morgan fingerprint density at radius 3 is 2.76 bits per heavy atom. The van der Waals surface area contributed by atoms with Crippen molar-refractivity contribution in [3.63, 3.8) is 0 Å². The highest BCUT2D eigenvalue weighted by atomic mass is 32.1. The maximum atomic E-state index is 4.49. The quantitative estimate of drug-likeness (QED) is 0.852. The Morgan fingerprint density at radius 2 is 2.12 bits per heavy atom. The standard InChI is InChI=1S/C12H16N4S/c1-3-4-10-15-11(13-2)7-12(16-10)14-9-5-6-17-8-9/h5-8H,3-4H2,1-2H3,(H2,13,14,15,16). The smallest absolute Gasteiger partial charge is 0.136 e. The summed E-state index contributed by atoms with van der Waals surface area (Å²) < 4.78 is 0. The normalized spacial score (nSPS) is 10.2. The van der Waals surface area contributed by atoms with Gasteiger partial charge >= 0.3 is 0 Å². The molecule has 0 saturated carbocycles. The number of aromatic nitrogens is 2. The summed E-state index contributed by atoms with van der Waals surface area (Å²) in [5.74, 6) is 2.56. The molecule has 2 heterocycles. The molecule has 2 N–H and O–H groups in total. The van der Waals surface area contributed by atoms with Crippen molar-refractivity contribution >= 4 is 28.7 Å². The third kappa shape index (κ3) is 3.17. The van der Waals surface area contributed by atoms with Crippen molar-refractivity contribution in [1.82, 2.24) is 9.97 Å². The zero-order valence-corrected chi connectivity index (χ0v) is 10.8. The molecule has 2 aromatic rings. The van der Waals surface area contributed by atoms with E-state index in [4.69, 9.17) is 0 Å². The van der Waals surface area contributed by atoms with Crippen LogP contribution in [0.15, 0.2) is 22.9 Å². The Balaban J connectivity index is 2.23. The second kappa shape index (κ2) is 5.63. The Bertz CT molecular complexity index is 467. The molecule has 0 aromatic carbocycles. The first-order valence-electron chi connectivity index (χ1n) is 5.66. The van der Waals surface area contributed by atoms with Gasteiger partial charge in [0, 0.05) is 24.9 Å². The first-order valence-corrected chi connectivity index (χ1v) is 6.61. The minimum Gasteiger partial charge on any atom is -0.373 e. The Kier molecular flexibility index (Phi) is 3.93. The lowest BCUT2D eigenvalue weighted by Crippen LogP contribution is -2.03. The third-order valence-electron chi connectivity index (χ3n) is 2.30. The van der Waals surface area contributed by atoms with Gasteiger partial charge in [0.2, 0.25) is 0 Å². The van der Waals surface area contributed by atoms with Crippen LogP contribution in [0.1, 0.15) is 19.2 Å². The van der Waals surface area contributed by atoms with Gasteiger partial charge in [0.15, 0.2) is 0 Å². The van der Waals surface area contributed by atoms with Crippen molar-refractivity contribution in [2.24, 2.45) is 0 Å². The molecule has 5 heteroatoms. The van der Waals surface area contributed by atoms with Gasteiger partial charge in [-0.25, -0.2) is 9.97 Å². The van der Waals surface area contributed by atoms with E-state index in [1.807, 2.05) is 24.6 Å². The van der Waals surface area contributed by atoms with Crippen LogP contribution in [0.3, 0.4) is 0 Å². The molecule has 17 heavy (non-hydrogen) atoms. The van der Waals surface area contributed by atoms with Gasteiger partial charge < -0.3 is 10.6 Å². The largest absolute Gasteiger partial charge is 0.373 e. The van der Waals surface area contributed by atoms with E-state index in [1.54, 1.807) is 11.3 Å². The fraction of sp³-hybridized carbons (Fsp3) is 0.333. The molecule has 0 atom stereocenters. The molecule has 90 valence electrons. The van der Waals surface area contributed by atoms with E-state index >= 15 is 0 Å². The van der Waals surface area contributed by atoms with Gasteiger partial charge in [-0.1, -0.05) is 6.92 Å². The molecular formula is C12H16N4S. The number of nitrogens with one attached hydrogen (secondary N) is 2. The lowest BCUT2D eigenvalue weighted by Gasteiger charge is -2.08. The van der Waals surface area contributed by atoms with Crippen LogP contribution in [0.4, 0.5) is 17.3 Å². The molecule has 0 unspecified atom stereocenters. The van der Waals surface area contributed by atoms with Crippen molar-refractivity contribution in [3.8, 4) is 0 Å². The number of hydrogen-bond donors (Lipinski definition) is 2. The summed E-state index contributed by atoms with van der Waals surface area (Å²) in [6.45, 7) is 2.13. The summed E-state index contributed by atoms with van der Waals surface area (Å²) in [4.78, 5) is 8.90. The first kappa shape index (κ1) is 11.9. The van der Waals surface area contributed by atoms with Crippen LogP contribution in [0.2, 0.25) is 0 Å². The second-order valence-corrected chi connectivity index (χ2v) is 4.47. The lowest BCUT2D eigenvalue weighted by atomic mass is 10.3. The summed E-state index contributed by atoms with van der Waals surface area (Å²) in [5.41, 5.74) is 1.07. The van der Waals surface area contributed by atoms with E-state index in [2.05, 4.69) is 32.9 Å². The molecule has 0 fully saturated rings. The minimum atomic E-state index is 0.839. The second-order valence-electron chi connectivity index (χ2n) is 3.69. The molecule has 0 saturated heterocycles. The molecule has 0 bridgehead atoms. The number of anilines is 3. The lowest BCUT2D eigenvalue weighted by molar-refractivity contribution is 0.838. The fourth-order valence-corrected chi connectivity index (χ4v) is 2.10. The van der Waals surface area contributed by atoms with Crippen LogP contribution in [0, 0.1) is 0 Å². The van der Waals surface area contributed by atoms with Gasteiger partial charge in [-0.15, -0.1) is 0 Å². The molecular weight excluding hydrogens is 232 g/mol. The van der Waals surface area contributed by atoms with Gasteiger partial charge in [0.25, 0.3) is 0 Å². The van der Waals surface area contributed by atoms with Crippen LogP contribution in [-0.2, 0) is 6.42 Å². The van der Waals surface area contributed by atoms with E-state index in [9.17, 15) is 0 Å². The molecule has 0 aliphatic heterocycles. The maximum absolute atomic E-state index is 4.49. The molecule has 0 spiro atoms. The fourth-order valence-electron chi connectivity index (χ4n) is 1.51. The van der Waals surface area contributed by atoms with Crippen LogP contribution in [0.5, 0.6) is 0 Å². The van der Waals surface area contributed by atoms with Crippen molar-refractivity contribution in [2.75, 3.05) is 17.7 Å². The van der Waals surface area contributed by atoms with Gasteiger partial charge in [0.05, 0.1) is 5.69 Å². The molecule has 0 radical (unpaired) electrons. The van der Waals surface area contributed by atoms with Gasteiger partial charge in [-0.2, -0.15) is 11.3 Å². The van der Waals surface area contributed by atoms with Crippen LogP contribution >= 0.6 is 11.3 Å². The average molecular weight is 248 g/mol. The predicted octanol–water partition coefficient (Wildman–Crippen LogP) is 3.28. The van der Waals surface area contributed by atoms with Crippen molar-refractivity contribution in [3.05, 3.63) is 28.7 Å². The third-order valence-corrected chi connectivity index (χ3v) is 2.98. The Labute approximate surface area is 105 Å². The molecule has 2 rings (SSSR count). The predicted molar refractivity (Wildman–Crippen MR) is 73.2 cm³/mol. The highest BCUT2D eigenvalue weighted by molar-refractivity contribution is 7.08. The SMILES string of the molecule is CCCc1nc(NC)cc(Nc2ccsc2)n1. The van der Waals surface area contributed by atoms with E-state index in [0.29, 0.717) is 0 Å². The van der Waals surface area contributed by atoms with Crippen LogP contribution in [0.25, 0.3) is 0 Å². The average Bonchev–Trinajstić information content (AvgIpc) is 2.82. The summed E-state index contributed by atoms with van der Waals surface area (Å²) in [6, 6.07) is 3.95. The van der Waals surface area contributed by atoms with Crippen molar-refractivity contribution in [2.45, 2.75) is 19.8 Å². The number of hydrogen-bond acceptors (Lipinski definition) is 5. The van der Waals surface area contributed by atoms with Crippen molar-refractivity contribution in [1.29, 1.82) is 0 Å². The minimum absolute atomic E-state index is 0.839. The summed E-state index contributed by atoms with van der Waals surface area (Å²) in [5, 5.41) is 10.4. The topological polar surface area (TPSA) is 49.8 Å². The molecule has 4 nitrogen and oxygen atoms in total. The van der Waals surface area contributed by atoms with E-state index in [-0.39, 0.29) is 0 Å². The molecule has 2 aromatic heterocycles. The maximum Gasteiger partial charge on any atom is 0.136 e. The van der Waals surface area contributed by atoms with Crippen LogP contribution in [-0.4, -0.2) is 17.0 Å². The summed E-state index contributed by atoms with van der Waals surface area (Å²) >= 11 is 1.66. The van der Waals surface area contributed by atoms with E-state index in [0.717, 1.165) is 36.0 Å². The first-order chi connectivity index (χ1) is 8.31. The zero-order chi connectivity index (χ0) is 12.1. The monoisotopic (exact) mass is 248 g/mol. The van der Waals surface area contributed by atoms with Gasteiger partial charge in [0.1, 0.15) is 17.5 Å². The molecule has 0 aliphatic carbocycles. The number of thiophene rings is 1.